The molecular formula is C21H29N3O2. The monoisotopic (exact) mass is 355 g/mol. The van der Waals surface area contributed by atoms with Crippen LogP contribution in [0.1, 0.15) is 18.6 Å². The van der Waals surface area contributed by atoms with Gasteiger partial charge in [0.2, 0.25) is 5.91 Å². The number of nitrogens with zero attached hydrogens (tertiary/aromatic N) is 2. The zero-order valence-electron chi connectivity index (χ0n) is 15.6. The molecule has 0 radical (unpaired) electrons. The molecular weight excluding hydrogens is 326 g/mol. The quantitative estimate of drug-likeness (QED) is 0.740. The Morgan fingerprint density at radius 1 is 1.08 bits per heavy atom. The minimum absolute atomic E-state index is 0.0982. The summed E-state index contributed by atoms with van der Waals surface area (Å²) in [5.41, 5.74) is 1.06. The van der Waals surface area contributed by atoms with E-state index in [4.69, 9.17) is 4.42 Å². The first kappa shape index (κ1) is 18.7. The predicted octanol–water partition coefficient (Wildman–Crippen LogP) is 2.63. The first-order chi connectivity index (χ1) is 12.7. The average molecular weight is 355 g/mol. The maximum atomic E-state index is 12.0. The maximum Gasteiger partial charge on any atom is 0.220 e. The van der Waals surface area contributed by atoms with Crippen molar-refractivity contribution in [2.24, 2.45) is 0 Å². The van der Waals surface area contributed by atoms with Crippen LogP contribution in [0.4, 0.5) is 0 Å². The van der Waals surface area contributed by atoms with Gasteiger partial charge in [-0.2, -0.15) is 0 Å². The average Bonchev–Trinajstić information content (AvgIpc) is 3.15. The van der Waals surface area contributed by atoms with Crippen LogP contribution in [-0.4, -0.2) is 62.0 Å². The zero-order chi connectivity index (χ0) is 18.2. The van der Waals surface area contributed by atoms with Gasteiger partial charge in [0.05, 0.1) is 0 Å². The van der Waals surface area contributed by atoms with E-state index in [2.05, 4.69) is 22.2 Å². The third kappa shape index (κ3) is 5.71. The second-order valence-corrected chi connectivity index (χ2v) is 6.98. The Kier molecular flexibility index (Phi) is 6.86. The van der Waals surface area contributed by atoms with Gasteiger partial charge in [-0.05, 0) is 32.1 Å². The summed E-state index contributed by atoms with van der Waals surface area (Å²) < 4.78 is 5.84. The topological polar surface area (TPSA) is 48.7 Å². The molecule has 0 saturated carbocycles. The molecule has 26 heavy (non-hydrogen) atoms. The number of likely N-dealkylation sites (N-methyl/N-ethyl adjacent to an activating group) is 1. The second kappa shape index (κ2) is 9.55. The number of nitrogens with one attached hydrogen (secondary N) is 1. The summed E-state index contributed by atoms with van der Waals surface area (Å²) in [5, 5.41) is 3.02. The molecule has 1 N–H and O–H groups in total. The number of hydrogen-bond donors (Lipinski definition) is 1. The number of furan rings is 1. The lowest BCUT2D eigenvalue weighted by molar-refractivity contribution is -0.121. The molecule has 2 heterocycles. The fourth-order valence-corrected chi connectivity index (χ4v) is 3.20. The van der Waals surface area contributed by atoms with Gasteiger partial charge in [-0.15, -0.1) is 0 Å². The van der Waals surface area contributed by atoms with Crippen LogP contribution in [0.25, 0.3) is 11.3 Å². The number of carbonyl (C=O) groups is 1. The molecule has 5 heteroatoms. The Balaban J connectivity index is 1.31. The number of rotatable bonds is 8. The minimum Gasteiger partial charge on any atom is -0.461 e. The molecule has 1 aliphatic heterocycles. The summed E-state index contributed by atoms with van der Waals surface area (Å²) in [4.78, 5) is 16.8. The Morgan fingerprint density at radius 2 is 1.85 bits per heavy atom. The van der Waals surface area contributed by atoms with Crippen molar-refractivity contribution in [3.63, 3.8) is 0 Å². The Bertz CT molecular complexity index is 676. The van der Waals surface area contributed by atoms with Crippen molar-refractivity contribution in [2.45, 2.75) is 19.3 Å². The molecule has 1 aromatic heterocycles. The summed E-state index contributed by atoms with van der Waals surface area (Å²) in [5.74, 6) is 1.81. The molecule has 5 nitrogen and oxygen atoms in total. The van der Waals surface area contributed by atoms with E-state index in [-0.39, 0.29) is 5.91 Å². The standard InChI is InChI=1S/C21H29N3O2/c1-23-14-16-24(17-15-23)13-5-12-22-21(25)11-9-19-8-10-20(26-19)18-6-3-2-4-7-18/h2-4,6-8,10H,5,9,11-17H2,1H3,(H,22,25). The van der Waals surface area contributed by atoms with E-state index in [0.29, 0.717) is 12.8 Å². The number of piperazine rings is 1. The highest BCUT2D eigenvalue weighted by Gasteiger charge is 2.13. The number of carbonyl (C=O) groups excluding carboxylic acids is 1. The van der Waals surface area contributed by atoms with E-state index in [0.717, 1.165) is 62.8 Å². The molecule has 2 aromatic rings. The molecule has 0 atom stereocenters. The Hall–Kier alpha value is -2.11. The highest BCUT2D eigenvalue weighted by Crippen LogP contribution is 2.22. The molecule has 0 bridgehead atoms. The van der Waals surface area contributed by atoms with E-state index in [1.165, 1.54) is 0 Å². The molecule has 1 aliphatic rings. The lowest BCUT2D eigenvalue weighted by atomic mass is 10.2. The van der Waals surface area contributed by atoms with Crippen molar-refractivity contribution >= 4 is 5.91 Å². The van der Waals surface area contributed by atoms with Gasteiger partial charge >= 0.3 is 0 Å². The highest BCUT2D eigenvalue weighted by atomic mass is 16.3. The van der Waals surface area contributed by atoms with Crippen LogP contribution in [0, 0.1) is 0 Å². The van der Waals surface area contributed by atoms with Crippen LogP contribution >= 0.6 is 0 Å². The molecule has 1 fully saturated rings. The summed E-state index contributed by atoms with van der Waals surface area (Å²) in [6.07, 6.45) is 2.11. The molecule has 1 saturated heterocycles. The van der Waals surface area contributed by atoms with E-state index >= 15 is 0 Å². The van der Waals surface area contributed by atoms with Gasteiger partial charge in [0.25, 0.3) is 0 Å². The van der Waals surface area contributed by atoms with E-state index in [1.54, 1.807) is 0 Å². The molecule has 1 amide bonds. The van der Waals surface area contributed by atoms with E-state index in [1.807, 2.05) is 42.5 Å². The third-order valence-electron chi connectivity index (χ3n) is 4.89. The predicted molar refractivity (Wildman–Crippen MR) is 104 cm³/mol. The summed E-state index contributed by atoms with van der Waals surface area (Å²) in [6.45, 7) is 6.35. The molecule has 1 aromatic carbocycles. The minimum atomic E-state index is 0.0982. The van der Waals surface area contributed by atoms with Gasteiger partial charge < -0.3 is 19.5 Å². The van der Waals surface area contributed by atoms with Crippen LogP contribution in [0.15, 0.2) is 46.9 Å². The van der Waals surface area contributed by atoms with E-state index in [9.17, 15) is 4.79 Å². The first-order valence-electron chi connectivity index (χ1n) is 9.52. The second-order valence-electron chi connectivity index (χ2n) is 6.98. The maximum absolute atomic E-state index is 12.0. The summed E-state index contributed by atoms with van der Waals surface area (Å²) >= 11 is 0. The van der Waals surface area contributed by atoms with Gasteiger partial charge in [0, 0.05) is 51.1 Å². The molecule has 0 spiro atoms. The van der Waals surface area contributed by atoms with Crippen LogP contribution in [0.3, 0.4) is 0 Å². The molecule has 140 valence electrons. The zero-order valence-corrected chi connectivity index (χ0v) is 15.6. The number of amides is 1. The largest absolute Gasteiger partial charge is 0.461 e. The highest BCUT2D eigenvalue weighted by molar-refractivity contribution is 5.76. The van der Waals surface area contributed by atoms with Crippen LogP contribution in [0.2, 0.25) is 0 Å². The Labute approximate surface area is 156 Å². The molecule has 0 unspecified atom stereocenters. The lowest BCUT2D eigenvalue weighted by Gasteiger charge is -2.32. The van der Waals surface area contributed by atoms with Crippen molar-refractivity contribution in [3.05, 3.63) is 48.2 Å². The SMILES string of the molecule is CN1CCN(CCCNC(=O)CCc2ccc(-c3ccccc3)o2)CC1. The molecule has 3 rings (SSSR count). The van der Waals surface area contributed by atoms with Crippen LogP contribution < -0.4 is 5.32 Å². The summed E-state index contributed by atoms with van der Waals surface area (Å²) in [6, 6.07) is 14.0. The van der Waals surface area contributed by atoms with Crippen molar-refractivity contribution in [3.8, 4) is 11.3 Å². The van der Waals surface area contributed by atoms with Crippen LogP contribution in [-0.2, 0) is 11.2 Å². The molecule has 0 aliphatic carbocycles. The van der Waals surface area contributed by atoms with Gasteiger partial charge in [-0.25, -0.2) is 0 Å². The number of aryl methyl sites for hydroxylation is 1. The van der Waals surface area contributed by atoms with Crippen molar-refractivity contribution in [1.29, 1.82) is 0 Å². The van der Waals surface area contributed by atoms with Gasteiger partial charge in [-0.3, -0.25) is 4.79 Å². The van der Waals surface area contributed by atoms with E-state index < -0.39 is 0 Å². The van der Waals surface area contributed by atoms with Crippen LogP contribution in [0.5, 0.6) is 0 Å². The van der Waals surface area contributed by atoms with Crippen molar-refractivity contribution in [1.82, 2.24) is 15.1 Å². The number of benzene rings is 1. The fourth-order valence-electron chi connectivity index (χ4n) is 3.20. The normalized spacial score (nSPS) is 15.9. The van der Waals surface area contributed by atoms with Gasteiger partial charge in [0.15, 0.2) is 0 Å². The third-order valence-corrected chi connectivity index (χ3v) is 4.89. The number of hydrogen-bond acceptors (Lipinski definition) is 4. The smallest absolute Gasteiger partial charge is 0.220 e. The first-order valence-corrected chi connectivity index (χ1v) is 9.52. The summed E-state index contributed by atoms with van der Waals surface area (Å²) in [7, 11) is 2.17. The van der Waals surface area contributed by atoms with Gasteiger partial charge in [-0.1, -0.05) is 30.3 Å². The Morgan fingerprint density at radius 3 is 2.62 bits per heavy atom. The van der Waals surface area contributed by atoms with Crippen molar-refractivity contribution in [2.75, 3.05) is 46.3 Å². The lowest BCUT2D eigenvalue weighted by Crippen LogP contribution is -2.45. The fraction of sp³-hybridized carbons (Fsp3) is 0.476. The van der Waals surface area contributed by atoms with Gasteiger partial charge in [0.1, 0.15) is 11.5 Å². The van der Waals surface area contributed by atoms with Crippen molar-refractivity contribution < 1.29 is 9.21 Å².